The van der Waals surface area contributed by atoms with Crippen LogP contribution in [-0.2, 0) is 4.79 Å². The molecule has 0 saturated heterocycles. The van der Waals surface area contributed by atoms with E-state index < -0.39 is 18.6 Å². The van der Waals surface area contributed by atoms with Crippen LogP contribution in [-0.4, -0.2) is 24.7 Å². The molecule has 3 nitrogen and oxygen atoms in total. The van der Waals surface area contributed by atoms with Crippen LogP contribution in [0.15, 0.2) is 0 Å². The average molecular weight is 254 g/mol. The van der Waals surface area contributed by atoms with Crippen LogP contribution in [0.25, 0.3) is 0 Å². The van der Waals surface area contributed by atoms with Gasteiger partial charge in [-0.05, 0) is 18.8 Å². The standard InChI is InChI=1S/C11H21F3N2O/c1-3-8(2)9(15)10(17)16-7-5-4-6-11(12,13)14/h8-9H,3-7,15H2,1-2H3,(H,16,17)/t8-,9-/m0/s1. The second kappa shape index (κ2) is 7.53. The van der Waals surface area contributed by atoms with Crippen LogP contribution < -0.4 is 11.1 Å². The van der Waals surface area contributed by atoms with E-state index in [9.17, 15) is 18.0 Å². The minimum atomic E-state index is -4.11. The van der Waals surface area contributed by atoms with Gasteiger partial charge in [0, 0.05) is 13.0 Å². The van der Waals surface area contributed by atoms with E-state index in [-0.39, 0.29) is 24.8 Å². The van der Waals surface area contributed by atoms with Crippen molar-refractivity contribution in [3.8, 4) is 0 Å². The topological polar surface area (TPSA) is 55.1 Å². The zero-order valence-electron chi connectivity index (χ0n) is 10.3. The molecule has 0 bridgehead atoms. The van der Waals surface area contributed by atoms with Gasteiger partial charge in [0.15, 0.2) is 0 Å². The van der Waals surface area contributed by atoms with Crippen LogP contribution in [0.1, 0.15) is 39.5 Å². The molecule has 0 spiro atoms. The van der Waals surface area contributed by atoms with Crippen molar-refractivity contribution in [1.82, 2.24) is 5.32 Å². The molecule has 0 unspecified atom stereocenters. The van der Waals surface area contributed by atoms with E-state index in [2.05, 4.69) is 5.32 Å². The molecular formula is C11H21F3N2O. The third-order valence-electron chi connectivity index (χ3n) is 2.75. The van der Waals surface area contributed by atoms with Gasteiger partial charge in [0.25, 0.3) is 0 Å². The minimum absolute atomic E-state index is 0.0301. The van der Waals surface area contributed by atoms with Gasteiger partial charge in [-0.15, -0.1) is 0 Å². The van der Waals surface area contributed by atoms with Crippen molar-refractivity contribution in [3.63, 3.8) is 0 Å². The Hall–Kier alpha value is -0.780. The molecule has 0 aromatic carbocycles. The summed E-state index contributed by atoms with van der Waals surface area (Å²) in [5.74, 6) is -0.212. The summed E-state index contributed by atoms with van der Waals surface area (Å²) in [5, 5.41) is 2.55. The Morgan fingerprint density at radius 1 is 1.35 bits per heavy atom. The lowest BCUT2D eigenvalue weighted by atomic mass is 9.99. The number of alkyl halides is 3. The summed E-state index contributed by atoms with van der Waals surface area (Å²) >= 11 is 0. The maximum absolute atomic E-state index is 11.8. The minimum Gasteiger partial charge on any atom is -0.355 e. The van der Waals surface area contributed by atoms with Gasteiger partial charge in [-0.2, -0.15) is 13.2 Å². The van der Waals surface area contributed by atoms with Crippen molar-refractivity contribution in [3.05, 3.63) is 0 Å². The third-order valence-corrected chi connectivity index (χ3v) is 2.75. The molecular weight excluding hydrogens is 233 g/mol. The van der Waals surface area contributed by atoms with Gasteiger partial charge in [-0.3, -0.25) is 4.79 Å². The molecule has 0 aromatic heterocycles. The number of hydrogen-bond acceptors (Lipinski definition) is 2. The first-order valence-electron chi connectivity index (χ1n) is 5.88. The first-order valence-corrected chi connectivity index (χ1v) is 5.88. The lowest BCUT2D eigenvalue weighted by Crippen LogP contribution is -2.44. The Labute approximate surface area is 99.9 Å². The molecule has 0 aliphatic heterocycles. The van der Waals surface area contributed by atoms with Crippen molar-refractivity contribution in [1.29, 1.82) is 0 Å². The Morgan fingerprint density at radius 2 is 1.94 bits per heavy atom. The van der Waals surface area contributed by atoms with E-state index >= 15 is 0 Å². The quantitative estimate of drug-likeness (QED) is 0.684. The normalized spacial score (nSPS) is 15.4. The van der Waals surface area contributed by atoms with Gasteiger partial charge < -0.3 is 11.1 Å². The highest BCUT2D eigenvalue weighted by Gasteiger charge is 2.26. The molecule has 0 aliphatic carbocycles. The molecule has 0 rings (SSSR count). The Balaban J connectivity index is 3.65. The number of carbonyl (C=O) groups excluding carboxylic acids is 1. The molecule has 0 aliphatic rings. The zero-order chi connectivity index (χ0) is 13.5. The second-order valence-corrected chi connectivity index (χ2v) is 4.27. The van der Waals surface area contributed by atoms with Crippen LogP contribution >= 0.6 is 0 Å². The number of rotatable bonds is 7. The number of nitrogens with two attached hydrogens (primary N) is 1. The summed E-state index contributed by atoms with van der Waals surface area (Å²) in [7, 11) is 0. The van der Waals surface area contributed by atoms with Crippen molar-refractivity contribution in [2.75, 3.05) is 6.54 Å². The van der Waals surface area contributed by atoms with Crippen LogP contribution in [0.3, 0.4) is 0 Å². The Morgan fingerprint density at radius 3 is 2.41 bits per heavy atom. The summed E-state index contributed by atoms with van der Waals surface area (Å²) in [6.07, 6.45) is -3.78. The monoisotopic (exact) mass is 254 g/mol. The van der Waals surface area contributed by atoms with Gasteiger partial charge in [0.2, 0.25) is 5.91 Å². The van der Waals surface area contributed by atoms with Gasteiger partial charge in [0.1, 0.15) is 0 Å². The average Bonchev–Trinajstić information content (AvgIpc) is 2.24. The molecule has 6 heteroatoms. The first-order chi connectivity index (χ1) is 7.78. The van der Waals surface area contributed by atoms with E-state index in [1.165, 1.54) is 0 Å². The van der Waals surface area contributed by atoms with Gasteiger partial charge in [-0.25, -0.2) is 0 Å². The summed E-state index contributed by atoms with van der Waals surface area (Å²) in [4.78, 5) is 11.4. The van der Waals surface area contributed by atoms with Crippen molar-refractivity contribution in [2.45, 2.75) is 51.7 Å². The van der Waals surface area contributed by atoms with Gasteiger partial charge in [-0.1, -0.05) is 20.3 Å². The predicted molar refractivity (Wildman–Crippen MR) is 60.3 cm³/mol. The van der Waals surface area contributed by atoms with Crippen molar-refractivity contribution in [2.24, 2.45) is 11.7 Å². The third kappa shape index (κ3) is 8.01. The van der Waals surface area contributed by atoms with Crippen LogP contribution in [0.2, 0.25) is 0 Å². The molecule has 3 N–H and O–H groups in total. The molecule has 102 valence electrons. The Bertz CT molecular complexity index is 231. The number of unbranched alkanes of at least 4 members (excludes halogenated alkanes) is 1. The molecule has 0 radical (unpaired) electrons. The number of hydrogen-bond donors (Lipinski definition) is 2. The molecule has 17 heavy (non-hydrogen) atoms. The highest BCUT2D eigenvalue weighted by molar-refractivity contribution is 5.81. The fourth-order valence-corrected chi connectivity index (χ4v) is 1.29. The van der Waals surface area contributed by atoms with Crippen molar-refractivity contribution < 1.29 is 18.0 Å². The molecule has 0 aromatic rings. The summed E-state index contributed by atoms with van der Waals surface area (Å²) < 4.78 is 35.4. The number of carbonyl (C=O) groups is 1. The van der Waals surface area contributed by atoms with Crippen molar-refractivity contribution >= 4 is 5.91 Å². The predicted octanol–water partition coefficient (Wildman–Crippen LogP) is 2.21. The maximum atomic E-state index is 11.8. The first kappa shape index (κ1) is 16.2. The van der Waals surface area contributed by atoms with Gasteiger partial charge in [0.05, 0.1) is 6.04 Å². The van der Waals surface area contributed by atoms with E-state index in [4.69, 9.17) is 5.73 Å². The largest absolute Gasteiger partial charge is 0.389 e. The molecule has 0 saturated carbocycles. The highest BCUT2D eigenvalue weighted by Crippen LogP contribution is 2.21. The fraction of sp³-hybridized carbons (Fsp3) is 0.909. The number of amides is 1. The number of nitrogens with one attached hydrogen (secondary N) is 1. The van der Waals surface area contributed by atoms with E-state index in [0.29, 0.717) is 6.42 Å². The molecule has 0 fully saturated rings. The highest BCUT2D eigenvalue weighted by atomic mass is 19.4. The maximum Gasteiger partial charge on any atom is 0.389 e. The SMILES string of the molecule is CC[C@H](C)[C@H](N)C(=O)NCCCCC(F)(F)F. The summed E-state index contributed by atoms with van der Waals surface area (Å²) in [6, 6.07) is -0.581. The summed E-state index contributed by atoms with van der Waals surface area (Å²) in [6.45, 7) is 4.05. The lowest BCUT2D eigenvalue weighted by molar-refractivity contribution is -0.135. The fourth-order valence-electron chi connectivity index (χ4n) is 1.29. The zero-order valence-corrected chi connectivity index (χ0v) is 10.3. The van der Waals surface area contributed by atoms with Crippen LogP contribution in [0, 0.1) is 5.92 Å². The number of halogens is 3. The van der Waals surface area contributed by atoms with E-state index in [0.717, 1.165) is 6.42 Å². The van der Waals surface area contributed by atoms with E-state index in [1.807, 2.05) is 13.8 Å². The van der Waals surface area contributed by atoms with Gasteiger partial charge >= 0.3 is 6.18 Å². The van der Waals surface area contributed by atoms with Crippen LogP contribution in [0.5, 0.6) is 0 Å². The lowest BCUT2D eigenvalue weighted by Gasteiger charge is -2.17. The Kier molecular flexibility index (Phi) is 7.18. The molecule has 0 heterocycles. The molecule has 1 amide bonds. The molecule has 2 atom stereocenters. The van der Waals surface area contributed by atoms with Crippen LogP contribution in [0.4, 0.5) is 13.2 Å². The summed E-state index contributed by atoms with van der Waals surface area (Å²) in [5.41, 5.74) is 5.66. The second-order valence-electron chi connectivity index (χ2n) is 4.27. The van der Waals surface area contributed by atoms with E-state index in [1.54, 1.807) is 0 Å². The smallest absolute Gasteiger partial charge is 0.355 e.